The van der Waals surface area contributed by atoms with Crippen molar-refractivity contribution in [2.75, 3.05) is 26.8 Å². The Morgan fingerprint density at radius 3 is 2.70 bits per heavy atom. The van der Waals surface area contributed by atoms with Crippen molar-refractivity contribution in [3.63, 3.8) is 0 Å². The second-order valence-electron chi connectivity index (χ2n) is 4.92. The monoisotopic (exact) mass is 341 g/mol. The van der Waals surface area contributed by atoms with Gasteiger partial charge in [0.2, 0.25) is 0 Å². The number of benzene rings is 1. The van der Waals surface area contributed by atoms with Crippen LogP contribution in [-0.2, 0) is 0 Å². The summed E-state index contributed by atoms with van der Waals surface area (Å²) in [6, 6.07) is 4.02. The second kappa shape index (κ2) is 9.03. The van der Waals surface area contributed by atoms with Gasteiger partial charge in [-0.1, -0.05) is 26.0 Å². The molecule has 0 heterocycles. The van der Waals surface area contributed by atoms with Crippen LogP contribution in [0.3, 0.4) is 0 Å². The number of rotatable bonds is 8. The minimum Gasteiger partial charge on any atom is -0.493 e. The Kier molecular flexibility index (Phi) is 7.70. The summed E-state index contributed by atoms with van der Waals surface area (Å²) in [4.78, 5) is 0. The molecule has 0 aliphatic rings. The van der Waals surface area contributed by atoms with E-state index in [-0.39, 0.29) is 0 Å². The molecule has 1 aromatic carbocycles. The first-order valence-corrected chi connectivity index (χ1v) is 7.75. The van der Waals surface area contributed by atoms with Gasteiger partial charge in [-0.25, -0.2) is 0 Å². The van der Waals surface area contributed by atoms with E-state index in [2.05, 4.69) is 47.2 Å². The van der Waals surface area contributed by atoms with Gasteiger partial charge in [-0.05, 0) is 53.0 Å². The fourth-order valence-electron chi connectivity index (χ4n) is 1.77. The van der Waals surface area contributed by atoms with Crippen molar-refractivity contribution in [1.82, 2.24) is 5.32 Å². The molecule has 0 aliphatic heterocycles. The number of ether oxygens (including phenoxy) is 2. The molecule has 1 N–H and O–H groups in total. The predicted molar refractivity (Wildman–Crippen MR) is 88.6 cm³/mol. The molecule has 0 atom stereocenters. The van der Waals surface area contributed by atoms with Crippen molar-refractivity contribution in [2.24, 2.45) is 5.92 Å². The molecule has 20 heavy (non-hydrogen) atoms. The summed E-state index contributed by atoms with van der Waals surface area (Å²) in [5.41, 5.74) is 1.09. The van der Waals surface area contributed by atoms with Crippen LogP contribution in [0.2, 0.25) is 0 Å². The number of hydrogen-bond acceptors (Lipinski definition) is 3. The summed E-state index contributed by atoms with van der Waals surface area (Å²) < 4.78 is 11.9. The standard InChI is InChI=1S/C16H24BrNO2/c1-5-20-16-14(17)9-13(10-15(16)19-4)7-6-8-18-11-12(2)3/h6-7,9-10,12,18H,5,8,11H2,1-4H3. The predicted octanol–water partition coefficient (Wildman–Crippen LogP) is 4.12. The highest BCUT2D eigenvalue weighted by molar-refractivity contribution is 9.10. The number of methoxy groups -OCH3 is 1. The molecule has 0 spiro atoms. The molecule has 0 radical (unpaired) electrons. The van der Waals surface area contributed by atoms with Crippen LogP contribution >= 0.6 is 15.9 Å². The molecule has 0 aromatic heterocycles. The minimum absolute atomic E-state index is 0.614. The van der Waals surface area contributed by atoms with E-state index in [4.69, 9.17) is 9.47 Å². The zero-order valence-corrected chi connectivity index (χ0v) is 14.3. The van der Waals surface area contributed by atoms with Gasteiger partial charge in [0, 0.05) is 6.54 Å². The van der Waals surface area contributed by atoms with Crippen LogP contribution in [0, 0.1) is 5.92 Å². The summed E-state index contributed by atoms with van der Waals surface area (Å²) in [5.74, 6) is 2.17. The summed E-state index contributed by atoms with van der Waals surface area (Å²) in [6.07, 6.45) is 4.19. The molecule has 0 amide bonds. The van der Waals surface area contributed by atoms with Crippen molar-refractivity contribution < 1.29 is 9.47 Å². The van der Waals surface area contributed by atoms with Gasteiger partial charge in [0.15, 0.2) is 11.5 Å². The van der Waals surface area contributed by atoms with E-state index < -0.39 is 0 Å². The molecule has 0 bridgehead atoms. The Morgan fingerprint density at radius 2 is 2.10 bits per heavy atom. The van der Waals surface area contributed by atoms with Crippen LogP contribution in [0.1, 0.15) is 26.3 Å². The topological polar surface area (TPSA) is 30.5 Å². The van der Waals surface area contributed by atoms with Crippen LogP contribution in [0.4, 0.5) is 0 Å². The van der Waals surface area contributed by atoms with Crippen LogP contribution in [0.25, 0.3) is 6.08 Å². The van der Waals surface area contributed by atoms with Gasteiger partial charge >= 0.3 is 0 Å². The molecular formula is C16H24BrNO2. The summed E-state index contributed by atoms with van der Waals surface area (Å²) in [6.45, 7) is 8.87. The lowest BCUT2D eigenvalue weighted by Crippen LogP contribution is -2.19. The van der Waals surface area contributed by atoms with Gasteiger partial charge < -0.3 is 14.8 Å². The molecule has 1 aromatic rings. The third-order valence-corrected chi connectivity index (χ3v) is 3.25. The van der Waals surface area contributed by atoms with Crippen molar-refractivity contribution in [3.8, 4) is 11.5 Å². The van der Waals surface area contributed by atoms with Crippen LogP contribution < -0.4 is 14.8 Å². The largest absolute Gasteiger partial charge is 0.493 e. The van der Waals surface area contributed by atoms with Gasteiger partial charge in [-0.15, -0.1) is 0 Å². The minimum atomic E-state index is 0.614. The van der Waals surface area contributed by atoms with Crippen molar-refractivity contribution in [2.45, 2.75) is 20.8 Å². The quantitative estimate of drug-likeness (QED) is 0.721. The van der Waals surface area contributed by atoms with Gasteiger partial charge in [-0.2, -0.15) is 0 Å². The van der Waals surface area contributed by atoms with E-state index in [0.29, 0.717) is 12.5 Å². The van der Waals surface area contributed by atoms with Crippen LogP contribution in [0.5, 0.6) is 11.5 Å². The third kappa shape index (κ3) is 5.55. The molecule has 0 saturated heterocycles. The lowest BCUT2D eigenvalue weighted by molar-refractivity contribution is 0.309. The Labute approximate surface area is 130 Å². The normalized spacial score (nSPS) is 11.3. The van der Waals surface area contributed by atoms with Gasteiger partial charge in [-0.3, -0.25) is 0 Å². The van der Waals surface area contributed by atoms with E-state index in [1.165, 1.54) is 0 Å². The average molecular weight is 342 g/mol. The lowest BCUT2D eigenvalue weighted by Gasteiger charge is -2.12. The van der Waals surface area contributed by atoms with Crippen molar-refractivity contribution >= 4 is 22.0 Å². The zero-order valence-electron chi connectivity index (χ0n) is 12.7. The van der Waals surface area contributed by atoms with Crippen LogP contribution in [0.15, 0.2) is 22.7 Å². The first-order chi connectivity index (χ1) is 9.58. The first-order valence-electron chi connectivity index (χ1n) is 6.96. The molecule has 112 valence electrons. The summed E-state index contributed by atoms with van der Waals surface area (Å²) >= 11 is 3.53. The fraction of sp³-hybridized carbons (Fsp3) is 0.500. The molecule has 3 nitrogen and oxygen atoms in total. The molecular weight excluding hydrogens is 318 g/mol. The van der Waals surface area contributed by atoms with Crippen molar-refractivity contribution in [3.05, 3.63) is 28.2 Å². The molecule has 1 rings (SSSR count). The highest BCUT2D eigenvalue weighted by Crippen LogP contribution is 2.36. The molecule has 0 saturated carbocycles. The van der Waals surface area contributed by atoms with Gasteiger partial charge in [0.1, 0.15) is 0 Å². The number of hydrogen-bond donors (Lipinski definition) is 1. The maximum atomic E-state index is 5.57. The maximum absolute atomic E-state index is 5.57. The van der Waals surface area contributed by atoms with Crippen molar-refractivity contribution in [1.29, 1.82) is 0 Å². The summed E-state index contributed by atoms with van der Waals surface area (Å²) in [5, 5.41) is 3.38. The highest BCUT2D eigenvalue weighted by atomic mass is 79.9. The molecule has 0 fully saturated rings. The van der Waals surface area contributed by atoms with E-state index in [1.807, 2.05) is 19.1 Å². The first kappa shape index (κ1) is 17.1. The zero-order chi connectivity index (χ0) is 15.0. The third-order valence-electron chi connectivity index (χ3n) is 2.67. The Bertz CT molecular complexity index is 444. The Hall–Kier alpha value is -1.00. The second-order valence-corrected chi connectivity index (χ2v) is 5.78. The van der Waals surface area contributed by atoms with E-state index >= 15 is 0 Å². The average Bonchev–Trinajstić information content (AvgIpc) is 2.40. The number of nitrogens with one attached hydrogen (secondary N) is 1. The maximum Gasteiger partial charge on any atom is 0.175 e. The highest BCUT2D eigenvalue weighted by Gasteiger charge is 2.09. The molecule has 4 heteroatoms. The smallest absolute Gasteiger partial charge is 0.175 e. The fourth-order valence-corrected chi connectivity index (χ4v) is 2.34. The van der Waals surface area contributed by atoms with E-state index in [9.17, 15) is 0 Å². The van der Waals surface area contributed by atoms with Gasteiger partial charge in [0.05, 0.1) is 18.2 Å². The van der Waals surface area contributed by atoms with Gasteiger partial charge in [0.25, 0.3) is 0 Å². The Morgan fingerprint density at radius 1 is 1.35 bits per heavy atom. The Balaban J connectivity index is 2.71. The molecule has 0 unspecified atom stereocenters. The molecule has 0 aliphatic carbocycles. The van der Waals surface area contributed by atoms with E-state index in [1.54, 1.807) is 7.11 Å². The number of halogens is 1. The van der Waals surface area contributed by atoms with Crippen LogP contribution in [-0.4, -0.2) is 26.8 Å². The summed E-state index contributed by atoms with van der Waals surface area (Å²) in [7, 11) is 1.65. The van der Waals surface area contributed by atoms with E-state index in [0.717, 1.165) is 34.6 Å². The lowest BCUT2D eigenvalue weighted by atomic mass is 10.2. The SMILES string of the molecule is CCOc1c(Br)cc(C=CCNCC(C)C)cc1OC.